The largest absolute Gasteiger partial charge is 0.494 e. The number of hydrogen-bond acceptors (Lipinski definition) is 18. The molecule has 2 unspecified atom stereocenters. The van der Waals surface area contributed by atoms with Gasteiger partial charge in [0.1, 0.15) is 17.8 Å². The number of nitrogens with one attached hydrogen (secondary N) is 4. The molecule has 3 saturated heterocycles. The van der Waals surface area contributed by atoms with Gasteiger partial charge in [0.2, 0.25) is 35.4 Å². The lowest BCUT2D eigenvalue weighted by Crippen LogP contribution is -2.53. The summed E-state index contributed by atoms with van der Waals surface area (Å²) in [6, 6.07) is 13.8. The van der Waals surface area contributed by atoms with E-state index in [1.54, 1.807) is 62.6 Å². The molecule has 0 saturated carbocycles. The molecule has 93 heavy (non-hydrogen) atoms. The first-order valence-electron chi connectivity index (χ1n) is 31.7. The van der Waals surface area contributed by atoms with Crippen molar-refractivity contribution in [3.8, 4) is 11.8 Å². The van der Waals surface area contributed by atoms with Crippen LogP contribution in [0.3, 0.4) is 0 Å². The van der Waals surface area contributed by atoms with Gasteiger partial charge in [0, 0.05) is 128 Å². The highest BCUT2D eigenvalue weighted by Gasteiger charge is 2.47. The molecule has 4 atom stereocenters. The van der Waals surface area contributed by atoms with Gasteiger partial charge in [-0.1, -0.05) is 43.7 Å². The van der Waals surface area contributed by atoms with E-state index in [0.29, 0.717) is 94.6 Å². The Balaban J connectivity index is 0.981. The van der Waals surface area contributed by atoms with Crippen molar-refractivity contribution in [1.29, 1.82) is 5.26 Å². The second kappa shape index (κ2) is 36.8. The van der Waals surface area contributed by atoms with Crippen molar-refractivity contribution in [2.75, 3.05) is 138 Å². The molecule has 27 nitrogen and oxygen atoms in total. The third kappa shape index (κ3) is 25.3. The normalized spacial score (nSPS) is 18.2. The lowest BCUT2D eigenvalue weighted by Gasteiger charge is -2.36. The Hall–Kier alpha value is -8.30. The fourth-order valence-corrected chi connectivity index (χ4v) is 11.5. The van der Waals surface area contributed by atoms with Gasteiger partial charge in [-0.2, -0.15) is 5.26 Å². The number of aliphatic carboxylic acids is 3. The molecule has 508 valence electrons. The van der Waals surface area contributed by atoms with Crippen LogP contribution >= 0.6 is 0 Å². The SMILES string of the molecule is Cc1ccc(CCCC(=O)NCCCC[C@H](NC(=O)CN2CCN(CC(=O)O)CCN(CC(=O)O)CCN(CC(=O)O)CC2)C(=O)NC(=O)C(C)CC(C)C(=O)N2CCN(CCCOc3ccc4nccc(C(=O)NCC(=O)N5CC(F)(F)C[C@@H]5C#N)c4c3)CC2)cc1. The molecule has 0 aliphatic carbocycles. The second-order valence-corrected chi connectivity index (χ2v) is 24.3. The molecule has 0 bridgehead atoms. The third-order valence-electron chi connectivity index (χ3n) is 16.7. The monoisotopic (exact) mass is 1300 g/mol. The number of alkyl halides is 2. The number of ether oxygens (including phenoxy) is 1. The highest BCUT2D eigenvalue weighted by molar-refractivity contribution is 6.07. The Kier molecular flexibility index (Phi) is 29.2. The number of imide groups is 1. The van der Waals surface area contributed by atoms with Crippen LogP contribution in [0.1, 0.15) is 86.7 Å². The molecule has 0 radical (unpaired) electrons. The summed E-state index contributed by atoms with van der Waals surface area (Å²) in [5.74, 6) is -11.2. The summed E-state index contributed by atoms with van der Waals surface area (Å²) in [4.78, 5) is 145. The Morgan fingerprint density at radius 3 is 1.88 bits per heavy atom. The molecule has 3 aliphatic heterocycles. The van der Waals surface area contributed by atoms with Crippen molar-refractivity contribution < 1.29 is 76.8 Å². The highest BCUT2D eigenvalue weighted by atomic mass is 19.3. The van der Waals surface area contributed by atoms with Gasteiger partial charge in [-0.05, 0) is 81.7 Å². The molecule has 29 heteroatoms. The lowest BCUT2D eigenvalue weighted by atomic mass is 9.95. The predicted molar refractivity (Wildman–Crippen MR) is 336 cm³/mol. The number of carbonyl (C=O) groups is 10. The van der Waals surface area contributed by atoms with Gasteiger partial charge in [-0.25, -0.2) is 8.78 Å². The Bertz CT molecular complexity index is 3080. The summed E-state index contributed by atoms with van der Waals surface area (Å²) in [6.07, 6.45) is 4.01. The molecule has 1 aromatic heterocycles. The van der Waals surface area contributed by atoms with E-state index in [0.717, 1.165) is 22.4 Å². The summed E-state index contributed by atoms with van der Waals surface area (Å²) >= 11 is 0. The maximum Gasteiger partial charge on any atom is 0.317 e. The average Bonchev–Trinajstić information content (AvgIpc) is 1.12. The zero-order chi connectivity index (χ0) is 67.6. The van der Waals surface area contributed by atoms with Gasteiger partial charge in [0.05, 0.1) is 63.0 Å². The molecule has 3 aromatic rings. The molecule has 4 heterocycles. The number of fused-ring (bicyclic) bond motifs is 1. The number of nitriles is 1. The summed E-state index contributed by atoms with van der Waals surface area (Å²) < 4.78 is 33.9. The number of aromatic nitrogens is 1. The summed E-state index contributed by atoms with van der Waals surface area (Å²) in [5.41, 5.74) is 2.94. The first-order valence-corrected chi connectivity index (χ1v) is 31.7. The molecule has 7 N–H and O–H groups in total. The maximum absolute atomic E-state index is 14.1. The number of aryl methyl sites for hydroxylation is 2. The number of amides is 7. The van der Waals surface area contributed by atoms with E-state index in [4.69, 9.17) is 4.74 Å². The Morgan fingerprint density at radius 1 is 0.699 bits per heavy atom. The molecule has 0 spiro atoms. The van der Waals surface area contributed by atoms with Crippen LogP contribution in [0.4, 0.5) is 8.78 Å². The minimum Gasteiger partial charge on any atom is -0.494 e. The lowest BCUT2D eigenvalue weighted by molar-refractivity contribution is -0.140. The van der Waals surface area contributed by atoms with Gasteiger partial charge in [-0.15, -0.1) is 0 Å². The van der Waals surface area contributed by atoms with Crippen LogP contribution in [0.2, 0.25) is 0 Å². The van der Waals surface area contributed by atoms with Crippen LogP contribution in [0, 0.1) is 30.1 Å². The van der Waals surface area contributed by atoms with Crippen molar-refractivity contribution in [1.82, 2.24) is 60.6 Å². The standard InChI is InChI=1S/C64H89F2N13O14/c1-44-11-13-47(14-12-44)8-6-10-54(80)69-18-5-4-9-53(71-55(81)39-74-21-23-75(40-57(83)84)25-27-77(42-59(87)88)28-26-76(24-22-74)41-58(85)86)62(91)72-60(89)45(2)34-46(3)63(92)78-31-29-73(30-32-78)20-7-33-93-49-15-16-52-51(35-49)50(17-19-68-52)61(90)70-38-56(82)79-43-64(65,66)36-48(79)37-67/h11-17,19,35,45-46,48,53H,4-10,18,20-34,36,38-43H2,1-3H3,(H,69,80)(H,70,90)(H,71,81)(H,83,84)(H,85,86)(H,87,88)(H,72,89,91)/t45?,46?,48-,53+/m1/s1. The summed E-state index contributed by atoms with van der Waals surface area (Å²) in [6.45, 7) is 7.19. The van der Waals surface area contributed by atoms with Gasteiger partial charge in [0.15, 0.2) is 0 Å². The van der Waals surface area contributed by atoms with E-state index in [1.807, 2.05) is 31.2 Å². The van der Waals surface area contributed by atoms with Gasteiger partial charge in [0.25, 0.3) is 11.8 Å². The Morgan fingerprint density at radius 2 is 1.29 bits per heavy atom. The van der Waals surface area contributed by atoms with Crippen molar-refractivity contribution in [3.63, 3.8) is 0 Å². The molecule has 6 rings (SSSR count). The number of hydrogen-bond donors (Lipinski definition) is 7. The first-order chi connectivity index (χ1) is 44.3. The number of unbranched alkanes of at least 4 members (excludes halogenated alkanes) is 1. The van der Waals surface area contributed by atoms with E-state index in [2.05, 4.69) is 31.2 Å². The number of nitrogens with zero attached hydrogens (tertiary/aromatic N) is 9. The van der Waals surface area contributed by atoms with Crippen molar-refractivity contribution in [3.05, 3.63) is 71.4 Å². The third-order valence-corrected chi connectivity index (χ3v) is 16.7. The van der Waals surface area contributed by atoms with Crippen LogP contribution in [-0.2, 0) is 49.6 Å². The number of rotatable bonds is 31. The van der Waals surface area contributed by atoms with E-state index >= 15 is 0 Å². The molecule has 3 aliphatic rings. The number of carbonyl (C=O) groups excluding carboxylic acids is 7. The smallest absolute Gasteiger partial charge is 0.317 e. The van der Waals surface area contributed by atoms with E-state index in [-0.39, 0.29) is 109 Å². The molecule has 2 aromatic carbocycles. The number of halogens is 2. The van der Waals surface area contributed by atoms with Crippen LogP contribution < -0.4 is 26.0 Å². The van der Waals surface area contributed by atoms with E-state index < -0.39 is 96.8 Å². The topological polar surface area (TPSA) is 348 Å². The first kappa shape index (κ1) is 73.7. The van der Waals surface area contributed by atoms with Crippen molar-refractivity contribution >= 4 is 70.2 Å². The van der Waals surface area contributed by atoms with Crippen LogP contribution in [0.5, 0.6) is 5.75 Å². The second-order valence-electron chi connectivity index (χ2n) is 24.3. The van der Waals surface area contributed by atoms with Crippen LogP contribution in [-0.4, -0.2) is 269 Å². The van der Waals surface area contributed by atoms with Crippen LogP contribution in [0.15, 0.2) is 54.7 Å². The number of likely N-dealkylation sites (tertiary alicyclic amines) is 1. The minimum absolute atomic E-state index is 0.0868. The molecule has 7 amide bonds. The maximum atomic E-state index is 14.1. The predicted octanol–water partition coefficient (Wildman–Crippen LogP) is 1.52. The fourth-order valence-electron chi connectivity index (χ4n) is 11.5. The molecular formula is C64H89F2N13O14. The highest BCUT2D eigenvalue weighted by Crippen LogP contribution is 2.32. The molecular weight excluding hydrogens is 1210 g/mol. The summed E-state index contributed by atoms with van der Waals surface area (Å²) in [7, 11) is 0. The van der Waals surface area contributed by atoms with E-state index in [1.165, 1.54) is 12.3 Å². The van der Waals surface area contributed by atoms with E-state index in [9.17, 15) is 77.3 Å². The fraction of sp³-hybridized carbons (Fsp3) is 0.594. The van der Waals surface area contributed by atoms with Gasteiger partial charge < -0.3 is 45.8 Å². The number of piperazine rings is 1. The zero-order valence-electron chi connectivity index (χ0n) is 53.3. The zero-order valence-corrected chi connectivity index (χ0v) is 53.3. The van der Waals surface area contributed by atoms with Gasteiger partial charge in [-0.3, -0.25) is 82.7 Å². The quantitative estimate of drug-likeness (QED) is 0.0449. The van der Waals surface area contributed by atoms with Crippen molar-refractivity contribution in [2.45, 2.75) is 96.6 Å². The number of benzene rings is 2. The number of carboxylic acid groups (broad SMARTS) is 3. The van der Waals surface area contributed by atoms with Crippen LogP contribution in [0.25, 0.3) is 10.9 Å². The molecule has 3 fully saturated rings. The van der Waals surface area contributed by atoms with Crippen molar-refractivity contribution in [2.24, 2.45) is 11.8 Å². The minimum atomic E-state index is -3.19. The average molecular weight is 1300 g/mol. The van der Waals surface area contributed by atoms with Gasteiger partial charge >= 0.3 is 17.9 Å². The Labute approximate surface area is 540 Å². The number of pyridine rings is 1. The number of carboxylic acids is 3. The summed E-state index contributed by atoms with van der Waals surface area (Å²) in [5, 5.41) is 49.2.